The fraction of sp³-hybridized carbons (Fsp3) is 0.0769. The molecule has 3 aromatic rings. The van der Waals surface area contributed by atoms with Crippen LogP contribution >= 0.6 is 0 Å². The van der Waals surface area contributed by atoms with Crippen LogP contribution in [0.25, 0.3) is 21.8 Å². The summed E-state index contributed by atoms with van der Waals surface area (Å²) < 4.78 is 57.1. The van der Waals surface area contributed by atoms with Crippen molar-refractivity contribution in [2.45, 2.75) is 0 Å². The zero-order valence-electron chi connectivity index (χ0n) is 13.3. The molecular formula is C13H16CdN2O8S2+2. The standard InChI is InChI=1S/C12H8N2.CH4O6S2.Cd.2H2O/c1-3-9-5-6-10-4-2-8-14-12(10)11(9)13-7-1;2-8(3,4)1-9(5,6)7;;;/h1-8H;1H2,(H,2,3,4)(H,5,6,7);;2*1H2/q;;+2;;. The number of hydrogen-bond donors (Lipinski definition) is 0. The van der Waals surface area contributed by atoms with Crippen LogP contribution in [-0.2, 0) is 58.5 Å². The second kappa shape index (κ2) is 10.8. The number of nitrogens with zero attached hydrogens (tertiary/aromatic N) is 2. The van der Waals surface area contributed by atoms with Crippen LogP contribution in [0.5, 0.6) is 0 Å². The Kier molecular flexibility index (Phi) is 11.1. The summed E-state index contributed by atoms with van der Waals surface area (Å²) in [6.07, 6.45) is 3.60. The molecule has 0 saturated heterocycles. The van der Waals surface area contributed by atoms with Gasteiger partial charge in [0.25, 0.3) is 0 Å². The number of rotatable bonds is 2. The molecule has 0 aliphatic carbocycles. The van der Waals surface area contributed by atoms with E-state index in [0.717, 1.165) is 21.8 Å². The first-order chi connectivity index (χ1) is 10.7. The van der Waals surface area contributed by atoms with E-state index in [1.165, 1.54) is 0 Å². The van der Waals surface area contributed by atoms with E-state index >= 15 is 0 Å². The van der Waals surface area contributed by atoms with Crippen molar-refractivity contribution >= 4 is 42.0 Å². The third-order valence-electron chi connectivity index (χ3n) is 2.63. The van der Waals surface area contributed by atoms with E-state index in [4.69, 9.17) is 0 Å². The summed E-state index contributed by atoms with van der Waals surface area (Å²) in [7, 11) is -9.86. The second-order valence-electron chi connectivity index (χ2n) is 4.45. The summed E-state index contributed by atoms with van der Waals surface area (Å²) >= 11 is 0. The van der Waals surface area contributed by atoms with Crippen molar-refractivity contribution in [3.8, 4) is 0 Å². The van der Waals surface area contributed by atoms with Crippen LogP contribution in [0.3, 0.4) is 0 Å². The summed E-state index contributed by atoms with van der Waals surface area (Å²) in [6.45, 7) is 0. The van der Waals surface area contributed by atoms with Crippen molar-refractivity contribution in [2.75, 3.05) is 5.08 Å². The first-order valence-corrected chi connectivity index (χ1v) is 9.27. The minimum atomic E-state index is -4.93. The van der Waals surface area contributed by atoms with Crippen LogP contribution in [0.4, 0.5) is 0 Å². The number of fused-ring (bicyclic) bond motifs is 3. The van der Waals surface area contributed by atoms with Gasteiger partial charge in [-0.05, 0) is 12.1 Å². The van der Waals surface area contributed by atoms with Crippen LogP contribution in [-0.4, -0.2) is 41.0 Å². The fourth-order valence-corrected chi connectivity index (χ4v) is 3.27. The number of benzene rings is 1. The SMILES string of the molecule is O=S(=O)([O-])CS(=O)(=O)[O-].[Cd+2].[OH3+].[OH3+].c1cnc2c(c1)ccc1cccnc12. The van der Waals surface area contributed by atoms with Gasteiger partial charge in [-0.25, -0.2) is 16.8 Å². The van der Waals surface area contributed by atoms with E-state index < -0.39 is 25.3 Å². The summed E-state index contributed by atoms with van der Waals surface area (Å²) in [4.78, 5) is 8.69. The number of hydrogen-bond acceptors (Lipinski definition) is 8. The Morgan fingerprint density at radius 3 is 1.35 bits per heavy atom. The Morgan fingerprint density at radius 1 is 0.731 bits per heavy atom. The molecule has 0 atom stereocenters. The van der Waals surface area contributed by atoms with Gasteiger partial charge in [-0.1, -0.05) is 24.3 Å². The number of aromatic nitrogens is 2. The van der Waals surface area contributed by atoms with Crippen molar-refractivity contribution in [2.24, 2.45) is 0 Å². The molecule has 0 unspecified atom stereocenters. The maximum absolute atomic E-state index is 9.51. The topological polar surface area (TPSA) is 206 Å². The molecule has 0 aliphatic rings. The predicted octanol–water partition coefficient (Wildman–Crippen LogP) is -1.03. The summed E-state index contributed by atoms with van der Waals surface area (Å²) in [5.41, 5.74) is 1.95. The van der Waals surface area contributed by atoms with Gasteiger partial charge in [-0.3, -0.25) is 9.97 Å². The van der Waals surface area contributed by atoms with Crippen molar-refractivity contribution in [3.63, 3.8) is 0 Å². The molecule has 138 valence electrons. The van der Waals surface area contributed by atoms with Crippen LogP contribution in [0.2, 0.25) is 0 Å². The molecule has 0 spiro atoms. The van der Waals surface area contributed by atoms with Crippen molar-refractivity contribution in [3.05, 3.63) is 48.8 Å². The monoisotopic (exact) mass is 506 g/mol. The van der Waals surface area contributed by atoms with Gasteiger partial charge >= 0.3 is 27.3 Å². The van der Waals surface area contributed by atoms with E-state index in [0.29, 0.717) is 0 Å². The molecule has 2 heterocycles. The molecule has 13 heteroatoms. The Morgan fingerprint density at radius 2 is 1.08 bits per heavy atom. The van der Waals surface area contributed by atoms with E-state index in [1.807, 2.05) is 12.1 Å². The van der Waals surface area contributed by atoms with Crippen LogP contribution in [0, 0.1) is 0 Å². The Balaban J connectivity index is 0. The molecule has 0 saturated carbocycles. The molecule has 6 N–H and O–H groups in total. The van der Waals surface area contributed by atoms with Gasteiger partial charge in [0.1, 0.15) is 25.3 Å². The Hall–Kier alpha value is -1.30. The van der Waals surface area contributed by atoms with Gasteiger partial charge in [-0.15, -0.1) is 0 Å². The van der Waals surface area contributed by atoms with Gasteiger partial charge in [0.2, 0.25) is 0 Å². The maximum atomic E-state index is 9.51. The van der Waals surface area contributed by atoms with Gasteiger partial charge < -0.3 is 20.1 Å². The second-order valence-corrected chi connectivity index (χ2v) is 7.62. The minimum absolute atomic E-state index is 0. The van der Waals surface area contributed by atoms with Crippen molar-refractivity contribution in [1.82, 2.24) is 9.97 Å². The van der Waals surface area contributed by atoms with Crippen LogP contribution < -0.4 is 0 Å². The molecule has 0 bridgehead atoms. The minimum Gasteiger partial charge on any atom is -0.747 e. The molecule has 2 aromatic heterocycles. The molecule has 0 aliphatic heterocycles. The van der Waals surface area contributed by atoms with Crippen LogP contribution in [0.1, 0.15) is 0 Å². The third-order valence-corrected chi connectivity index (χ3v) is 4.94. The van der Waals surface area contributed by atoms with Gasteiger partial charge in [-0.2, -0.15) is 0 Å². The summed E-state index contributed by atoms with van der Waals surface area (Å²) in [5, 5.41) is 0.400. The quantitative estimate of drug-likeness (QED) is 0.182. The summed E-state index contributed by atoms with van der Waals surface area (Å²) in [6, 6.07) is 12.1. The van der Waals surface area contributed by atoms with E-state index in [1.54, 1.807) is 12.4 Å². The predicted molar refractivity (Wildman–Crippen MR) is 91.0 cm³/mol. The molecule has 0 fully saturated rings. The molecule has 0 radical (unpaired) electrons. The fourth-order valence-electron chi connectivity index (χ4n) is 1.86. The zero-order chi connectivity index (χ0) is 17.1. The van der Waals surface area contributed by atoms with Gasteiger partial charge in [0, 0.05) is 23.2 Å². The van der Waals surface area contributed by atoms with Gasteiger partial charge in [0.15, 0.2) is 0 Å². The molecule has 26 heavy (non-hydrogen) atoms. The molecule has 3 rings (SSSR count). The largest absolute Gasteiger partial charge is 2.00 e. The summed E-state index contributed by atoms with van der Waals surface area (Å²) in [5.74, 6) is 0. The zero-order valence-corrected chi connectivity index (χ0v) is 19.0. The molecular weight excluding hydrogens is 489 g/mol. The van der Waals surface area contributed by atoms with E-state index in [2.05, 4.69) is 34.2 Å². The molecule has 0 amide bonds. The van der Waals surface area contributed by atoms with Crippen molar-refractivity contribution in [1.29, 1.82) is 0 Å². The van der Waals surface area contributed by atoms with Crippen molar-refractivity contribution < 1.29 is 64.2 Å². The van der Waals surface area contributed by atoms with E-state index in [-0.39, 0.29) is 38.3 Å². The average molecular weight is 505 g/mol. The number of pyridine rings is 2. The smallest absolute Gasteiger partial charge is 0.747 e. The third kappa shape index (κ3) is 8.39. The van der Waals surface area contributed by atoms with Gasteiger partial charge in [0.05, 0.1) is 11.0 Å². The molecule has 1 aromatic carbocycles. The average Bonchev–Trinajstić information content (AvgIpc) is 2.44. The molecule has 10 nitrogen and oxygen atoms in total. The van der Waals surface area contributed by atoms with Crippen LogP contribution in [0.15, 0.2) is 48.8 Å². The first-order valence-electron chi connectivity index (χ1n) is 6.11. The Bertz CT molecular complexity index is 973. The Labute approximate surface area is 169 Å². The first kappa shape index (κ1) is 26.9. The maximum Gasteiger partial charge on any atom is 2.00 e. The normalized spacial score (nSPS) is 10.5. The van der Waals surface area contributed by atoms with E-state index in [9.17, 15) is 25.9 Å².